The van der Waals surface area contributed by atoms with Crippen molar-refractivity contribution in [2.24, 2.45) is 5.92 Å². The topological polar surface area (TPSA) is 24.8 Å². The summed E-state index contributed by atoms with van der Waals surface area (Å²) in [5, 5.41) is 0. The van der Waals surface area contributed by atoms with Gasteiger partial charge in [-0.1, -0.05) is 19.4 Å². The molecule has 0 aromatic heterocycles. The normalized spacial score (nSPS) is 26.9. The van der Waals surface area contributed by atoms with Gasteiger partial charge in [0.25, 0.3) is 5.91 Å². The van der Waals surface area contributed by atoms with Crippen molar-refractivity contribution < 1.29 is 14.1 Å². The fourth-order valence-electron chi connectivity index (χ4n) is 4.09. The molecule has 0 bridgehead atoms. The first-order valence-corrected chi connectivity index (χ1v) is 8.54. The molecule has 1 aliphatic heterocycles. The van der Waals surface area contributed by atoms with E-state index in [1.807, 2.05) is 4.90 Å². The molecule has 22 heavy (non-hydrogen) atoms. The lowest BCUT2D eigenvalue weighted by Gasteiger charge is -2.40. The molecule has 0 spiro atoms. The molecule has 2 atom stereocenters. The van der Waals surface area contributed by atoms with E-state index in [-0.39, 0.29) is 11.7 Å². The molecular weight excluding hydrogens is 279 g/mol. The van der Waals surface area contributed by atoms with Gasteiger partial charge in [-0.2, -0.15) is 0 Å². The summed E-state index contributed by atoms with van der Waals surface area (Å²) in [6.07, 6.45) is 5.40. The Balaban J connectivity index is 1.58. The lowest BCUT2D eigenvalue weighted by Crippen LogP contribution is -3.19. The van der Waals surface area contributed by atoms with E-state index >= 15 is 0 Å². The lowest BCUT2D eigenvalue weighted by atomic mass is 9.84. The van der Waals surface area contributed by atoms with Gasteiger partial charge in [-0.15, -0.1) is 0 Å². The van der Waals surface area contributed by atoms with Crippen LogP contribution in [0, 0.1) is 11.7 Å². The van der Waals surface area contributed by atoms with Crippen LogP contribution in [0.2, 0.25) is 0 Å². The third kappa shape index (κ3) is 3.32. The fraction of sp³-hybridized carbons (Fsp3) is 0.611. The maximum absolute atomic E-state index is 13.3. The number of hydrogen-bond donors (Lipinski definition) is 1. The Morgan fingerprint density at radius 3 is 2.64 bits per heavy atom. The van der Waals surface area contributed by atoms with E-state index in [2.05, 4.69) is 6.92 Å². The first kappa shape index (κ1) is 15.5. The molecule has 0 radical (unpaired) electrons. The molecule has 1 aromatic carbocycles. The highest BCUT2D eigenvalue weighted by Gasteiger charge is 2.34. The largest absolute Gasteiger partial charge is 0.329 e. The average Bonchev–Trinajstić information content (AvgIpc) is 2.55. The summed E-state index contributed by atoms with van der Waals surface area (Å²) in [5.41, 5.74) is 0.467. The Morgan fingerprint density at radius 1 is 1.23 bits per heavy atom. The number of hydrogen-bond acceptors (Lipinski definition) is 1. The number of piperazine rings is 1. The zero-order chi connectivity index (χ0) is 15.5. The summed E-state index contributed by atoms with van der Waals surface area (Å²) in [6, 6.07) is 6.79. The van der Waals surface area contributed by atoms with Crippen LogP contribution in [0.15, 0.2) is 24.3 Å². The van der Waals surface area contributed by atoms with Gasteiger partial charge < -0.3 is 9.80 Å². The Labute approximate surface area is 132 Å². The quantitative estimate of drug-likeness (QED) is 0.884. The molecule has 4 heteroatoms. The van der Waals surface area contributed by atoms with Gasteiger partial charge in [-0.25, -0.2) is 4.39 Å². The standard InChI is InChI=1S/C18H25FN2O/c1-14-5-2-3-8-17(14)20-9-11-21(12-10-20)18(22)15-6-4-7-16(19)13-15/h4,6-7,13-14,17H,2-3,5,8-12H2,1H3/p+1/t14-,17+/m0/s1. The van der Waals surface area contributed by atoms with Crippen molar-refractivity contribution in [2.45, 2.75) is 38.6 Å². The highest BCUT2D eigenvalue weighted by atomic mass is 19.1. The minimum Gasteiger partial charge on any atom is -0.329 e. The number of rotatable bonds is 2. The summed E-state index contributed by atoms with van der Waals surface area (Å²) in [5.74, 6) is 0.426. The molecule has 1 saturated carbocycles. The molecule has 2 fully saturated rings. The van der Waals surface area contributed by atoms with Gasteiger partial charge in [-0.05, 0) is 37.5 Å². The monoisotopic (exact) mass is 305 g/mol. The van der Waals surface area contributed by atoms with E-state index in [4.69, 9.17) is 0 Å². The van der Waals surface area contributed by atoms with Gasteiger partial charge in [0, 0.05) is 11.5 Å². The lowest BCUT2D eigenvalue weighted by molar-refractivity contribution is -0.934. The van der Waals surface area contributed by atoms with E-state index in [0.29, 0.717) is 5.56 Å². The van der Waals surface area contributed by atoms with Crippen LogP contribution in [0.4, 0.5) is 4.39 Å². The van der Waals surface area contributed by atoms with Crippen molar-refractivity contribution in [1.82, 2.24) is 4.90 Å². The van der Waals surface area contributed by atoms with Crippen molar-refractivity contribution in [3.05, 3.63) is 35.6 Å². The third-order valence-corrected chi connectivity index (χ3v) is 5.40. The maximum atomic E-state index is 13.3. The molecule has 1 aromatic rings. The van der Waals surface area contributed by atoms with Gasteiger partial charge >= 0.3 is 0 Å². The van der Waals surface area contributed by atoms with Crippen molar-refractivity contribution in [3.63, 3.8) is 0 Å². The van der Waals surface area contributed by atoms with Crippen LogP contribution in [0.25, 0.3) is 0 Å². The van der Waals surface area contributed by atoms with Crippen LogP contribution in [0.1, 0.15) is 43.0 Å². The summed E-state index contributed by atoms with van der Waals surface area (Å²) < 4.78 is 13.3. The molecule has 1 saturated heterocycles. The van der Waals surface area contributed by atoms with Gasteiger partial charge in [0.2, 0.25) is 0 Å². The van der Waals surface area contributed by atoms with Gasteiger partial charge in [-0.3, -0.25) is 4.79 Å². The maximum Gasteiger partial charge on any atom is 0.254 e. The molecule has 1 aliphatic carbocycles. The number of carbonyl (C=O) groups is 1. The Kier molecular flexibility index (Phi) is 4.77. The van der Waals surface area contributed by atoms with E-state index < -0.39 is 0 Å². The number of nitrogens with zero attached hydrogens (tertiary/aromatic N) is 1. The number of benzene rings is 1. The van der Waals surface area contributed by atoms with Crippen molar-refractivity contribution >= 4 is 5.91 Å². The molecule has 2 aliphatic rings. The third-order valence-electron chi connectivity index (χ3n) is 5.40. The zero-order valence-corrected chi connectivity index (χ0v) is 13.4. The predicted octanol–water partition coefficient (Wildman–Crippen LogP) is 1.75. The summed E-state index contributed by atoms with van der Waals surface area (Å²) >= 11 is 0. The molecule has 3 rings (SSSR count). The Hall–Kier alpha value is -1.42. The second-order valence-corrected chi connectivity index (χ2v) is 6.83. The van der Waals surface area contributed by atoms with Crippen LogP contribution < -0.4 is 4.90 Å². The summed E-state index contributed by atoms with van der Waals surface area (Å²) in [4.78, 5) is 16.0. The molecule has 0 unspecified atom stereocenters. The first-order valence-electron chi connectivity index (χ1n) is 8.54. The van der Waals surface area contributed by atoms with Gasteiger partial charge in [0.05, 0.1) is 32.2 Å². The molecule has 120 valence electrons. The Bertz CT molecular complexity index is 526. The minimum atomic E-state index is -0.342. The Morgan fingerprint density at radius 2 is 1.95 bits per heavy atom. The van der Waals surface area contributed by atoms with Gasteiger partial charge in [0.1, 0.15) is 5.82 Å². The molecule has 1 N–H and O–H groups in total. The van der Waals surface area contributed by atoms with Crippen LogP contribution >= 0.6 is 0 Å². The summed E-state index contributed by atoms with van der Waals surface area (Å²) in [7, 11) is 0. The number of carbonyl (C=O) groups excluding carboxylic acids is 1. The van der Waals surface area contributed by atoms with E-state index in [1.54, 1.807) is 17.0 Å². The molecular formula is C18H26FN2O+. The number of amides is 1. The second-order valence-electron chi connectivity index (χ2n) is 6.83. The van der Waals surface area contributed by atoms with Crippen molar-refractivity contribution in [2.75, 3.05) is 26.2 Å². The van der Waals surface area contributed by atoms with E-state index in [9.17, 15) is 9.18 Å². The molecule has 3 nitrogen and oxygen atoms in total. The minimum absolute atomic E-state index is 0.0322. The first-order chi connectivity index (χ1) is 10.6. The van der Waals surface area contributed by atoms with E-state index in [1.165, 1.54) is 37.8 Å². The van der Waals surface area contributed by atoms with Crippen LogP contribution in [0.5, 0.6) is 0 Å². The molecule has 1 heterocycles. The van der Waals surface area contributed by atoms with Gasteiger partial charge in [0.15, 0.2) is 0 Å². The van der Waals surface area contributed by atoms with Crippen molar-refractivity contribution in [3.8, 4) is 0 Å². The zero-order valence-electron chi connectivity index (χ0n) is 13.4. The number of quaternary nitrogens is 1. The fourth-order valence-corrected chi connectivity index (χ4v) is 4.09. The highest BCUT2D eigenvalue weighted by molar-refractivity contribution is 5.94. The smallest absolute Gasteiger partial charge is 0.254 e. The SMILES string of the molecule is C[C@H]1CCCC[C@H]1[NH+]1CCN(C(=O)c2cccc(F)c2)CC1. The average molecular weight is 305 g/mol. The number of halogens is 1. The van der Waals surface area contributed by atoms with Crippen molar-refractivity contribution in [1.29, 1.82) is 0 Å². The second kappa shape index (κ2) is 6.78. The van der Waals surface area contributed by atoms with E-state index in [0.717, 1.165) is 38.1 Å². The van der Waals surface area contributed by atoms with Crippen LogP contribution in [0.3, 0.4) is 0 Å². The highest BCUT2D eigenvalue weighted by Crippen LogP contribution is 2.22. The molecule has 1 amide bonds. The van der Waals surface area contributed by atoms with Crippen LogP contribution in [-0.4, -0.2) is 43.0 Å². The summed E-state index contributed by atoms with van der Waals surface area (Å²) in [6.45, 7) is 6.00. The predicted molar refractivity (Wildman–Crippen MR) is 84.4 cm³/mol. The number of nitrogens with one attached hydrogen (secondary N) is 1. The van der Waals surface area contributed by atoms with Crippen LogP contribution in [-0.2, 0) is 0 Å².